The zero-order valence-corrected chi connectivity index (χ0v) is 23.6. The molecule has 0 saturated heterocycles. The summed E-state index contributed by atoms with van der Waals surface area (Å²) < 4.78 is 9.25. The second-order valence-electron chi connectivity index (χ2n) is 10.5. The van der Waals surface area contributed by atoms with Crippen LogP contribution in [0.1, 0.15) is 0 Å². The minimum atomic E-state index is 0.713. The summed E-state index contributed by atoms with van der Waals surface area (Å²) in [4.78, 5) is 14.5. The molecule has 202 valence electrons. The van der Waals surface area contributed by atoms with Gasteiger partial charge in [0.05, 0.1) is 11.0 Å². The molecule has 0 aliphatic carbocycles. The lowest BCUT2D eigenvalue weighted by Crippen LogP contribution is -1.95. The lowest BCUT2D eigenvalue weighted by atomic mass is 10.1. The van der Waals surface area contributed by atoms with Crippen molar-refractivity contribution in [3.8, 4) is 33.3 Å². The van der Waals surface area contributed by atoms with Gasteiger partial charge in [-0.15, -0.1) is 0 Å². The van der Waals surface area contributed by atoms with Crippen molar-refractivity contribution < 1.29 is 0 Å². The highest BCUT2D eigenvalue weighted by Crippen LogP contribution is 2.37. The Morgan fingerprint density at radius 3 is 1.60 bits per heavy atom. The number of pyridine rings is 2. The van der Waals surface area contributed by atoms with Crippen molar-refractivity contribution in [1.29, 1.82) is 0 Å². The van der Waals surface area contributed by atoms with E-state index >= 15 is 0 Å². The predicted molar refractivity (Wildman–Crippen MR) is 175 cm³/mol. The van der Waals surface area contributed by atoms with E-state index < -0.39 is 0 Å². The molecule has 6 nitrogen and oxygen atoms in total. The fourth-order valence-electron chi connectivity index (χ4n) is 6.09. The first-order valence-corrected chi connectivity index (χ1v) is 14.8. The number of rotatable bonds is 4. The molecule has 4 aromatic carbocycles. The van der Waals surface area contributed by atoms with E-state index in [1.807, 2.05) is 36.7 Å². The number of benzene rings is 4. The molecule has 9 aromatic rings. The van der Waals surface area contributed by atoms with Gasteiger partial charge in [-0.2, -0.15) is 4.37 Å². The van der Waals surface area contributed by atoms with Crippen LogP contribution in [0.3, 0.4) is 0 Å². The second-order valence-corrected chi connectivity index (χ2v) is 11.2. The van der Waals surface area contributed by atoms with Gasteiger partial charge in [-0.1, -0.05) is 60.7 Å². The van der Waals surface area contributed by atoms with Gasteiger partial charge >= 0.3 is 0 Å². The molecule has 0 radical (unpaired) electrons. The van der Waals surface area contributed by atoms with Crippen LogP contribution in [0.25, 0.3) is 77.2 Å². The van der Waals surface area contributed by atoms with Crippen molar-refractivity contribution >= 4 is 55.4 Å². The number of hydrogen-bond donors (Lipinski definition) is 0. The van der Waals surface area contributed by atoms with E-state index in [4.69, 9.17) is 19.3 Å². The second kappa shape index (κ2) is 9.44. The number of para-hydroxylation sites is 2. The van der Waals surface area contributed by atoms with Crippen molar-refractivity contribution in [2.45, 2.75) is 0 Å². The molecule has 9 rings (SSSR count). The van der Waals surface area contributed by atoms with Crippen LogP contribution in [0.4, 0.5) is 0 Å². The number of aromatic nitrogens is 6. The topological polar surface area (TPSA) is 61.4 Å². The maximum atomic E-state index is 5.03. The summed E-state index contributed by atoms with van der Waals surface area (Å²) in [7, 11) is 0. The largest absolute Gasteiger partial charge is 0.294 e. The first kappa shape index (κ1) is 24.0. The smallest absolute Gasteiger partial charge is 0.173 e. The Balaban J connectivity index is 1.19. The highest BCUT2D eigenvalue weighted by molar-refractivity contribution is 7.09. The van der Waals surface area contributed by atoms with Gasteiger partial charge in [-0.05, 0) is 72.2 Å². The van der Waals surface area contributed by atoms with Crippen LogP contribution >= 0.6 is 11.5 Å². The van der Waals surface area contributed by atoms with Gasteiger partial charge in [0.25, 0.3) is 0 Å². The maximum absolute atomic E-state index is 5.03. The van der Waals surface area contributed by atoms with Crippen LogP contribution in [0.15, 0.2) is 134 Å². The molecule has 5 aromatic heterocycles. The van der Waals surface area contributed by atoms with Gasteiger partial charge < -0.3 is 0 Å². The standard InChI is InChI=1S/C36H22N6S/c1-3-9-25(10-4-1)41-31-21-23(15-17-27(31)29-13-7-19-37-34(29)41)33-39-36(43-40-33)24-16-18-28-30-14-8-20-38-35(30)42(32(28)22-24)26-11-5-2-6-12-26/h1-22H. The van der Waals surface area contributed by atoms with Crippen molar-refractivity contribution in [3.63, 3.8) is 0 Å². The fraction of sp³-hybridized carbons (Fsp3) is 0. The average molecular weight is 571 g/mol. The molecule has 5 heterocycles. The molecule has 0 unspecified atom stereocenters. The van der Waals surface area contributed by atoms with E-state index in [1.165, 1.54) is 11.5 Å². The molecule has 0 aliphatic heterocycles. The SMILES string of the molecule is c1ccc(-n2c3cc(-c4nsc(-c5ccc6c7cccnc7n(-c7ccccc7)c6c5)n4)ccc3c3cccnc32)cc1. The number of nitrogens with zero attached hydrogens (tertiary/aromatic N) is 6. The van der Waals surface area contributed by atoms with Gasteiger partial charge in [-0.25, -0.2) is 15.0 Å². The maximum Gasteiger partial charge on any atom is 0.173 e. The number of hydrogen-bond acceptors (Lipinski definition) is 5. The molecule has 0 bridgehead atoms. The van der Waals surface area contributed by atoms with Gasteiger partial charge in [0.2, 0.25) is 0 Å². The molecule has 0 N–H and O–H groups in total. The minimum Gasteiger partial charge on any atom is -0.294 e. The molecule has 0 aliphatic rings. The van der Waals surface area contributed by atoms with Crippen molar-refractivity contribution in [2.24, 2.45) is 0 Å². The fourth-order valence-corrected chi connectivity index (χ4v) is 6.77. The van der Waals surface area contributed by atoms with Gasteiger partial charge in [0, 0.05) is 56.4 Å². The zero-order valence-electron chi connectivity index (χ0n) is 22.8. The van der Waals surface area contributed by atoms with E-state index in [9.17, 15) is 0 Å². The quantitative estimate of drug-likeness (QED) is 0.212. The van der Waals surface area contributed by atoms with Crippen molar-refractivity contribution in [1.82, 2.24) is 28.5 Å². The van der Waals surface area contributed by atoms with Crippen LogP contribution in [-0.4, -0.2) is 28.5 Å². The Morgan fingerprint density at radius 2 is 1.02 bits per heavy atom. The van der Waals surface area contributed by atoms with E-state index in [0.717, 1.165) is 71.4 Å². The summed E-state index contributed by atoms with van der Waals surface area (Å²) in [5.41, 5.74) is 8.19. The third kappa shape index (κ3) is 3.72. The van der Waals surface area contributed by atoms with Crippen molar-refractivity contribution in [2.75, 3.05) is 0 Å². The summed E-state index contributed by atoms with van der Waals surface area (Å²) in [6.45, 7) is 0. The molecule has 0 spiro atoms. The van der Waals surface area contributed by atoms with Gasteiger partial charge in [0.15, 0.2) is 5.82 Å². The van der Waals surface area contributed by atoms with Crippen molar-refractivity contribution in [3.05, 3.63) is 134 Å². The van der Waals surface area contributed by atoms with Crippen LogP contribution in [0, 0.1) is 0 Å². The summed E-state index contributed by atoms with van der Waals surface area (Å²) in [6, 6.07) is 41.9. The Kier molecular flexibility index (Phi) is 5.27. The summed E-state index contributed by atoms with van der Waals surface area (Å²) in [6.07, 6.45) is 3.70. The molecule has 0 atom stereocenters. The van der Waals surface area contributed by atoms with Crippen LogP contribution in [0.5, 0.6) is 0 Å². The summed E-state index contributed by atoms with van der Waals surface area (Å²) in [5, 5.41) is 5.44. The first-order valence-electron chi connectivity index (χ1n) is 14.1. The molecular weight excluding hydrogens is 549 g/mol. The lowest BCUT2D eigenvalue weighted by molar-refractivity contribution is 1.13. The van der Waals surface area contributed by atoms with E-state index in [-0.39, 0.29) is 0 Å². The van der Waals surface area contributed by atoms with Gasteiger partial charge in [0.1, 0.15) is 16.3 Å². The normalized spacial score (nSPS) is 11.7. The third-order valence-corrected chi connectivity index (χ3v) is 8.78. The Bertz CT molecular complexity index is 2280. The van der Waals surface area contributed by atoms with Crippen LogP contribution in [-0.2, 0) is 0 Å². The third-order valence-electron chi connectivity index (χ3n) is 8.01. The Morgan fingerprint density at radius 1 is 0.488 bits per heavy atom. The molecule has 43 heavy (non-hydrogen) atoms. The molecule has 7 heteroatoms. The highest BCUT2D eigenvalue weighted by Gasteiger charge is 2.18. The minimum absolute atomic E-state index is 0.713. The number of fused-ring (bicyclic) bond motifs is 6. The van der Waals surface area contributed by atoms with E-state index in [1.54, 1.807) is 0 Å². The van der Waals surface area contributed by atoms with Crippen LogP contribution in [0.2, 0.25) is 0 Å². The summed E-state index contributed by atoms with van der Waals surface area (Å²) >= 11 is 1.42. The van der Waals surface area contributed by atoms with E-state index in [2.05, 4.69) is 106 Å². The molecular formula is C36H22N6S. The Labute approximate surface area is 250 Å². The average Bonchev–Trinajstić information content (AvgIpc) is 3.78. The van der Waals surface area contributed by atoms with Gasteiger partial charge in [-0.3, -0.25) is 9.13 Å². The molecule has 0 saturated carbocycles. The summed E-state index contributed by atoms with van der Waals surface area (Å²) in [5.74, 6) is 0.713. The zero-order chi connectivity index (χ0) is 28.3. The Hall–Kier alpha value is -5.66. The lowest BCUT2D eigenvalue weighted by Gasteiger charge is -2.07. The predicted octanol–water partition coefficient (Wildman–Crippen LogP) is 8.86. The highest BCUT2D eigenvalue weighted by atomic mass is 32.1. The molecule has 0 amide bonds. The first-order chi connectivity index (χ1) is 21.3. The monoisotopic (exact) mass is 570 g/mol. The van der Waals surface area contributed by atoms with E-state index in [0.29, 0.717) is 5.82 Å². The molecule has 0 fully saturated rings. The van der Waals surface area contributed by atoms with Crippen LogP contribution < -0.4 is 0 Å².